The van der Waals surface area contributed by atoms with Gasteiger partial charge in [0.1, 0.15) is 22.5 Å². The molecule has 12 heteroatoms. The molecule has 6 aromatic rings. The molecule has 6 rings (SSSR count). The van der Waals surface area contributed by atoms with Crippen LogP contribution in [0.4, 0.5) is 15.2 Å². The number of thiazole rings is 1. The number of thioether (sulfide) groups is 1. The number of amides is 3. The lowest BCUT2D eigenvalue weighted by Gasteiger charge is -2.17. The van der Waals surface area contributed by atoms with Gasteiger partial charge in [0.05, 0.1) is 22.3 Å². The van der Waals surface area contributed by atoms with Crippen molar-refractivity contribution in [3.05, 3.63) is 155 Å². The first-order valence-corrected chi connectivity index (χ1v) is 17.3. The van der Waals surface area contributed by atoms with Gasteiger partial charge in [-0.1, -0.05) is 83.6 Å². The van der Waals surface area contributed by atoms with E-state index in [9.17, 15) is 18.8 Å². The van der Waals surface area contributed by atoms with Crippen molar-refractivity contribution in [2.24, 2.45) is 0 Å². The van der Waals surface area contributed by atoms with Crippen molar-refractivity contribution in [2.45, 2.75) is 10.1 Å². The second-order valence-electron chi connectivity index (χ2n) is 10.7. The number of anilines is 2. The van der Waals surface area contributed by atoms with E-state index in [0.717, 1.165) is 15.8 Å². The lowest BCUT2D eigenvalue weighted by molar-refractivity contribution is -0.116. The van der Waals surface area contributed by atoms with Crippen LogP contribution in [0.3, 0.4) is 0 Å². The Morgan fingerprint density at radius 1 is 0.880 bits per heavy atom. The van der Waals surface area contributed by atoms with E-state index in [1.54, 1.807) is 55.6 Å². The van der Waals surface area contributed by atoms with Crippen LogP contribution >= 0.6 is 34.7 Å². The number of nitrogens with one attached hydrogen (secondary N) is 3. The number of ether oxygens (including phenoxy) is 1. The van der Waals surface area contributed by atoms with Crippen molar-refractivity contribution in [3.8, 4) is 5.75 Å². The summed E-state index contributed by atoms with van der Waals surface area (Å²) in [6.07, 6.45) is 1.19. The molecule has 5 aromatic carbocycles. The molecule has 1 aromatic heterocycles. The van der Waals surface area contributed by atoms with Crippen molar-refractivity contribution >= 4 is 79.5 Å². The van der Waals surface area contributed by atoms with Gasteiger partial charge in [-0.05, 0) is 72.3 Å². The summed E-state index contributed by atoms with van der Waals surface area (Å²) in [4.78, 5) is 45.7. The van der Waals surface area contributed by atoms with Crippen molar-refractivity contribution in [1.82, 2.24) is 10.3 Å². The van der Waals surface area contributed by atoms with Gasteiger partial charge in [-0.25, -0.2) is 9.37 Å². The van der Waals surface area contributed by atoms with Gasteiger partial charge in [-0.2, -0.15) is 0 Å². The largest absolute Gasteiger partial charge is 0.497 e. The van der Waals surface area contributed by atoms with Crippen LogP contribution in [0.15, 0.2) is 132 Å². The normalized spacial score (nSPS) is 11.9. The van der Waals surface area contributed by atoms with E-state index < -0.39 is 22.9 Å². The van der Waals surface area contributed by atoms with Gasteiger partial charge in [0.2, 0.25) is 5.91 Å². The molecule has 1 unspecified atom stereocenters. The summed E-state index contributed by atoms with van der Waals surface area (Å²) < 4.78 is 20.9. The number of carbonyl (C=O) groups excluding carboxylic acids is 3. The van der Waals surface area contributed by atoms with Gasteiger partial charge in [0.25, 0.3) is 11.8 Å². The SMILES string of the molecule is COc1ccc2nc(NC(=O)C(Sc3cccc(NC(=O)/C(=C\c4c(F)cccc4Cl)NC(=O)c4ccccc4)c3)c3ccccc3)sc2c1. The minimum absolute atomic E-state index is 0.0547. The number of fused-ring (bicyclic) bond motifs is 1. The summed E-state index contributed by atoms with van der Waals surface area (Å²) in [6, 6.07) is 34.2. The van der Waals surface area contributed by atoms with E-state index in [1.807, 2.05) is 54.6 Å². The highest BCUT2D eigenvalue weighted by Gasteiger charge is 2.24. The molecule has 0 fully saturated rings. The highest BCUT2D eigenvalue weighted by atomic mass is 35.5. The molecule has 3 N–H and O–H groups in total. The lowest BCUT2D eigenvalue weighted by atomic mass is 10.1. The second kappa shape index (κ2) is 15.8. The second-order valence-corrected chi connectivity index (χ2v) is 13.4. The Morgan fingerprint density at radius 3 is 2.36 bits per heavy atom. The smallest absolute Gasteiger partial charge is 0.272 e. The zero-order valence-corrected chi connectivity index (χ0v) is 28.7. The van der Waals surface area contributed by atoms with Crippen molar-refractivity contribution < 1.29 is 23.5 Å². The molecule has 0 saturated carbocycles. The molecule has 8 nitrogen and oxygen atoms in total. The predicted molar refractivity (Wildman–Crippen MR) is 198 cm³/mol. The number of methoxy groups -OCH3 is 1. The van der Waals surface area contributed by atoms with E-state index in [2.05, 4.69) is 20.9 Å². The van der Waals surface area contributed by atoms with E-state index >= 15 is 0 Å². The number of aromatic nitrogens is 1. The fraction of sp³-hybridized carbons (Fsp3) is 0.0526. The maximum atomic E-state index is 14.7. The molecule has 0 radical (unpaired) electrons. The minimum Gasteiger partial charge on any atom is -0.497 e. The van der Waals surface area contributed by atoms with Crippen LogP contribution in [0, 0.1) is 5.82 Å². The third-order valence-electron chi connectivity index (χ3n) is 7.33. The summed E-state index contributed by atoms with van der Waals surface area (Å²) in [5, 5.41) is 8.19. The molecule has 250 valence electrons. The third-order valence-corrected chi connectivity index (χ3v) is 9.84. The van der Waals surface area contributed by atoms with Crippen LogP contribution in [0.1, 0.15) is 26.7 Å². The Bertz CT molecular complexity index is 2190. The number of hydrogen-bond donors (Lipinski definition) is 3. The molecule has 0 spiro atoms. The number of hydrogen-bond acceptors (Lipinski definition) is 7. The molecular formula is C38H28ClFN4O4S2. The third kappa shape index (κ3) is 8.38. The van der Waals surface area contributed by atoms with E-state index in [-0.39, 0.29) is 22.2 Å². The van der Waals surface area contributed by atoms with E-state index in [0.29, 0.717) is 27.0 Å². The Morgan fingerprint density at radius 2 is 1.62 bits per heavy atom. The van der Waals surface area contributed by atoms with E-state index in [4.69, 9.17) is 16.3 Å². The molecular weight excluding hydrogens is 695 g/mol. The van der Waals surface area contributed by atoms with Crippen LogP contribution < -0.4 is 20.7 Å². The van der Waals surface area contributed by atoms with Crippen LogP contribution in [-0.4, -0.2) is 29.8 Å². The van der Waals surface area contributed by atoms with Crippen molar-refractivity contribution in [1.29, 1.82) is 0 Å². The quantitative estimate of drug-likeness (QED) is 0.0910. The summed E-state index contributed by atoms with van der Waals surface area (Å²) >= 11 is 8.88. The van der Waals surface area contributed by atoms with Gasteiger partial charge in [0.15, 0.2) is 5.13 Å². The van der Waals surface area contributed by atoms with Crippen LogP contribution in [-0.2, 0) is 9.59 Å². The standard InChI is InChI=1S/C38H28ClFN4O4S2/c1-48-26-18-19-31-33(21-26)50-38(43-31)44-37(47)34(23-10-4-2-5-11-23)49-27-15-8-14-25(20-27)41-36(46)32(22-28-29(39)16-9-17-30(28)40)42-35(45)24-12-6-3-7-13-24/h2-22,34H,1H3,(H,41,46)(H,42,45)(H,43,44,47)/b32-22+. The zero-order valence-electron chi connectivity index (χ0n) is 26.4. The summed E-state index contributed by atoms with van der Waals surface area (Å²) in [5.41, 5.74) is 1.92. The van der Waals surface area contributed by atoms with Crippen molar-refractivity contribution in [2.75, 3.05) is 17.7 Å². The Balaban J connectivity index is 1.24. The molecule has 0 aliphatic heterocycles. The Hall–Kier alpha value is -5.49. The average molecular weight is 723 g/mol. The van der Waals surface area contributed by atoms with Crippen LogP contribution in [0.25, 0.3) is 16.3 Å². The molecule has 3 amide bonds. The number of benzene rings is 5. The van der Waals surface area contributed by atoms with Crippen LogP contribution in [0.5, 0.6) is 5.75 Å². The molecule has 50 heavy (non-hydrogen) atoms. The summed E-state index contributed by atoms with van der Waals surface area (Å²) in [6.45, 7) is 0. The molecule has 0 aliphatic rings. The number of halogens is 2. The topological polar surface area (TPSA) is 109 Å². The zero-order chi connectivity index (χ0) is 35.0. The van der Waals surface area contributed by atoms with E-state index in [1.165, 1.54) is 47.4 Å². The molecule has 1 heterocycles. The van der Waals surface area contributed by atoms with Crippen molar-refractivity contribution in [3.63, 3.8) is 0 Å². The van der Waals surface area contributed by atoms with Gasteiger partial charge in [-0.15, -0.1) is 11.8 Å². The maximum absolute atomic E-state index is 14.7. The highest BCUT2D eigenvalue weighted by molar-refractivity contribution is 8.00. The summed E-state index contributed by atoms with van der Waals surface area (Å²) in [7, 11) is 1.59. The monoisotopic (exact) mass is 722 g/mol. The van der Waals surface area contributed by atoms with Crippen LogP contribution in [0.2, 0.25) is 5.02 Å². The number of nitrogens with zero attached hydrogens (tertiary/aromatic N) is 1. The Kier molecular flexibility index (Phi) is 10.9. The Labute approximate surface area is 300 Å². The predicted octanol–water partition coefficient (Wildman–Crippen LogP) is 8.98. The van der Waals surface area contributed by atoms with Gasteiger partial charge in [-0.3, -0.25) is 14.4 Å². The first-order chi connectivity index (χ1) is 24.3. The summed E-state index contributed by atoms with van der Waals surface area (Å²) in [5.74, 6) is -1.52. The first-order valence-electron chi connectivity index (χ1n) is 15.2. The highest BCUT2D eigenvalue weighted by Crippen LogP contribution is 2.38. The molecule has 0 saturated heterocycles. The molecule has 1 atom stereocenters. The minimum atomic E-state index is -0.708. The fourth-order valence-corrected chi connectivity index (χ4v) is 7.07. The fourth-order valence-electron chi connectivity index (χ4n) is 4.87. The molecule has 0 bridgehead atoms. The average Bonchev–Trinajstić information content (AvgIpc) is 3.53. The lowest BCUT2D eigenvalue weighted by Crippen LogP contribution is -2.30. The molecule has 0 aliphatic carbocycles. The number of carbonyl (C=O) groups is 3. The maximum Gasteiger partial charge on any atom is 0.272 e. The number of rotatable bonds is 11. The van der Waals surface area contributed by atoms with Gasteiger partial charge < -0.3 is 20.7 Å². The van der Waals surface area contributed by atoms with Gasteiger partial charge >= 0.3 is 0 Å². The van der Waals surface area contributed by atoms with Gasteiger partial charge in [0, 0.05) is 21.7 Å². The first kappa shape index (κ1) is 34.4.